The zero-order valence-electron chi connectivity index (χ0n) is 18.9. The molecule has 2 atom stereocenters. The van der Waals surface area contributed by atoms with Crippen molar-refractivity contribution in [3.8, 4) is 0 Å². The number of hydrogen-bond acceptors (Lipinski definition) is 4. The van der Waals surface area contributed by atoms with E-state index in [0.717, 1.165) is 44.9 Å². The maximum absolute atomic E-state index is 11.9. The molecule has 0 aliphatic carbocycles. The van der Waals surface area contributed by atoms with E-state index in [2.05, 4.69) is 50.0 Å². The van der Waals surface area contributed by atoms with E-state index in [1.165, 1.54) is 13.8 Å². The van der Waals surface area contributed by atoms with Crippen LogP contribution in [0.2, 0.25) is 0 Å². The van der Waals surface area contributed by atoms with E-state index in [1.807, 2.05) is 0 Å². The highest BCUT2D eigenvalue weighted by Gasteiger charge is 2.43. The monoisotopic (exact) mass is 420 g/mol. The molecule has 170 valence electrons. The number of carbonyl (C=O) groups is 2. The van der Waals surface area contributed by atoms with Gasteiger partial charge in [0.2, 0.25) is 5.60 Å². The Morgan fingerprint density at radius 2 is 1.57 bits per heavy atom. The van der Waals surface area contributed by atoms with Crippen LogP contribution in [0, 0.1) is 0 Å². The second-order valence-corrected chi connectivity index (χ2v) is 7.77. The summed E-state index contributed by atoms with van der Waals surface area (Å²) in [6, 6.07) is 0. The van der Waals surface area contributed by atoms with E-state index in [0.29, 0.717) is 6.42 Å². The molecule has 5 heteroatoms. The third-order valence-corrected chi connectivity index (χ3v) is 4.63. The molecule has 0 heterocycles. The minimum atomic E-state index is -1.71. The molecule has 0 radical (unpaired) electrons. The predicted molar refractivity (Wildman–Crippen MR) is 122 cm³/mol. The standard InChI is InChI=1S/C25H40O5/c1-5-6-7-8-9-10-11-12-13-14-15-16-17-18-19-25(24(28)29,20-22(4)26)30-23(27)21(2)3/h6-7,9-10,12-13,22,26H,2,5,8,11,14-20H2,1,3-4H3,(H,28,29)/b7-6-,10-9-,13-12-. The lowest BCUT2D eigenvalue weighted by molar-refractivity contribution is -0.180. The van der Waals surface area contributed by atoms with Gasteiger partial charge in [-0.05, 0) is 58.8 Å². The number of esters is 1. The van der Waals surface area contributed by atoms with Crippen molar-refractivity contribution in [2.24, 2.45) is 0 Å². The molecular formula is C25H40O5. The summed E-state index contributed by atoms with van der Waals surface area (Å²) in [5.41, 5.74) is -1.56. The van der Waals surface area contributed by atoms with Crippen LogP contribution < -0.4 is 0 Å². The van der Waals surface area contributed by atoms with Gasteiger partial charge in [-0.25, -0.2) is 9.59 Å². The molecular weight excluding hydrogens is 380 g/mol. The Kier molecular flexibility index (Phi) is 15.4. The maximum Gasteiger partial charge on any atom is 0.348 e. The molecule has 0 saturated heterocycles. The van der Waals surface area contributed by atoms with Crippen molar-refractivity contribution in [1.82, 2.24) is 0 Å². The number of rotatable bonds is 17. The largest absolute Gasteiger partial charge is 0.478 e. The minimum Gasteiger partial charge on any atom is -0.478 e. The number of ether oxygens (including phenoxy) is 1. The number of allylic oxidation sites excluding steroid dienone is 6. The zero-order valence-corrected chi connectivity index (χ0v) is 18.9. The van der Waals surface area contributed by atoms with Crippen LogP contribution in [0.5, 0.6) is 0 Å². The first-order valence-corrected chi connectivity index (χ1v) is 11.0. The highest BCUT2D eigenvalue weighted by Crippen LogP contribution is 2.28. The molecule has 0 saturated carbocycles. The second kappa shape index (κ2) is 16.6. The summed E-state index contributed by atoms with van der Waals surface area (Å²) in [5.74, 6) is -1.96. The average Bonchev–Trinajstić information content (AvgIpc) is 2.67. The quantitative estimate of drug-likeness (QED) is 0.132. The number of carboxylic acid groups (broad SMARTS) is 1. The van der Waals surface area contributed by atoms with E-state index in [4.69, 9.17) is 4.74 Å². The van der Waals surface area contributed by atoms with Gasteiger partial charge in [0.15, 0.2) is 0 Å². The van der Waals surface area contributed by atoms with Gasteiger partial charge >= 0.3 is 11.9 Å². The van der Waals surface area contributed by atoms with Crippen LogP contribution in [-0.2, 0) is 14.3 Å². The van der Waals surface area contributed by atoms with E-state index in [9.17, 15) is 19.8 Å². The number of aliphatic hydroxyl groups excluding tert-OH is 1. The number of hydrogen-bond donors (Lipinski definition) is 2. The normalized spacial score (nSPS) is 14.9. The Bertz CT molecular complexity index is 601. The minimum absolute atomic E-state index is 0.133. The van der Waals surface area contributed by atoms with Crippen LogP contribution in [0.1, 0.15) is 85.0 Å². The van der Waals surface area contributed by atoms with Gasteiger partial charge in [0, 0.05) is 12.0 Å². The Labute approximate surface area is 182 Å². The topological polar surface area (TPSA) is 83.8 Å². The molecule has 5 nitrogen and oxygen atoms in total. The Hall–Kier alpha value is -2.14. The van der Waals surface area contributed by atoms with Crippen molar-refractivity contribution in [3.05, 3.63) is 48.6 Å². The first-order chi connectivity index (χ1) is 14.2. The Morgan fingerprint density at radius 1 is 1.00 bits per heavy atom. The van der Waals surface area contributed by atoms with Crippen molar-refractivity contribution < 1.29 is 24.5 Å². The third kappa shape index (κ3) is 13.2. The molecule has 0 aliphatic heterocycles. The van der Waals surface area contributed by atoms with Gasteiger partial charge in [0.25, 0.3) is 0 Å². The van der Waals surface area contributed by atoms with Gasteiger partial charge in [-0.15, -0.1) is 0 Å². The van der Waals surface area contributed by atoms with E-state index < -0.39 is 23.6 Å². The number of aliphatic carboxylic acids is 1. The lowest BCUT2D eigenvalue weighted by atomic mass is 9.89. The average molecular weight is 421 g/mol. The molecule has 0 aromatic heterocycles. The Morgan fingerprint density at radius 3 is 2.10 bits per heavy atom. The molecule has 0 aliphatic rings. The predicted octanol–water partition coefficient (Wildman–Crippen LogP) is 5.90. The molecule has 0 amide bonds. The highest BCUT2D eigenvalue weighted by molar-refractivity contribution is 5.90. The molecule has 0 rings (SSSR count). The number of carboxylic acids is 1. The van der Waals surface area contributed by atoms with Crippen molar-refractivity contribution >= 4 is 11.9 Å². The molecule has 30 heavy (non-hydrogen) atoms. The van der Waals surface area contributed by atoms with Gasteiger partial charge in [0.05, 0.1) is 6.10 Å². The van der Waals surface area contributed by atoms with Gasteiger partial charge < -0.3 is 14.9 Å². The summed E-state index contributed by atoms with van der Waals surface area (Å²) in [6.45, 7) is 8.60. The van der Waals surface area contributed by atoms with Gasteiger partial charge in [-0.3, -0.25) is 0 Å². The fourth-order valence-corrected chi connectivity index (χ4v) is 3.03. The lowest BCUT2D eigenvalue weighted by Gasteiger charge is -2.30. The molecule has 2 N–H and O–H groups in total. The second-order valence-electron chi connectivity index (χ2n) is 7.77. The summed E-state index contributed by atoms with van der Waals surface area (Å²) in [6.07, 6.45) is 19.6. The number of carbonyl (C=O) groups excluding carboxylic acids is 1. The summed E-state index contributed by atoms with van der Waals surface area (Å²) >= 11 is 0. The van der Waals surface area contributed by atoms with Crippen LogP contribution in [-0.4, -0.2) is 33.9 Å². The fraction of sp³-hybridized carbons (Fsp3) is 0.600. The number of aliphatic hydroxyl groups is 1. The van der Waals surface area contributed by atoms with E-state index in [1.54, 1.807) is 0 Å². The number of unbranched alkanes of at least 4 members (excludes halogenated alkanes) is 4. The molecule has 0 aromatic carbocycles. The molecule has 0 fully saturated rings. The van der Waals surface area contributed by atoms with Crippen molar-refractivity contribution in [2.75, 3.05) is 0 Å². The lowest BCUT2D eigenvalue weighted by Crippen LogP contribution is -2.45. The molecule has 0 bridgehead atoms. The van der Waals surface area contributed by atoms with Crippen molar-refractivity contribution in [1.29, 1.82) is 0 Å². The Balaban J connectivity index is 4.29. The van der Waals surface area contributed by atoms with Gasteiger partial charge in [0.1, 0.15) is 0 Å². The van der Waals surface area contributed by atoms with E-state index >= 15 is 0 Å². The van der Waals surface area contributed by atoms with Crippen molar-refractivity contribution in [2.45, 2.75) is 96.7 Å². The third-order valence-electron chi connectivity index (χ3n) is 4.63. The first kappa shape index (κ1) is 27.9. The smallest absolute Gasteiger partial charge is 0.348 e. The van der Waals surface area contributed by atoms with Crippen LogP contribution in [0.4, 0.5) is 0 Å². The molecule has 0 spiro atoms. The van der Waals surface area contributed by atoms with Crippen molar-refractivity contribution in [3.63, 3.8) is 0 Å². The molecule has 0 aromatic rings. The zero-order chi connectivity index (χ0) is 22.8. The SMILES string of the molecule is C=C(C)C(=O)OC(CCCCCC/C=C\C/C=C\C/C=C\CC)(CC(C)O)C(=O)O. The summed E-state index contributed by atoms with van der Waals surface area (Å²) < 4.78 is 5.27. The summed E-state index contributed by atoms with van der Waals surface area (Å²) in [5, 5.41) is 19.4. The summed E-state index contributed by atoms with van der Waals surface area (Å²) in [4.78, 5) is 23.8. The van der Waals surface area contributed by atoms with Crippen LogP contribution in [0.25, 0.3) is 0 Å². The van der Waals surface area contributed by atoms with Crippen LogP contribution in [0.3, 0.4) is 0 Å². The van der Waals surface area contributed by atoms with Crippen LogP contribution in [0.15, 0.2) is 48.6 Å². The maximum atomic E-state index is 11.9. The van der Waals surface area contributed by atoms with Crippen LogP contribution >= 0.6 is 0 Å². The molecule has 2 unspecified atom stereocenters. The van der Waals surface area contributed by atoms with Gasteiger partial charge in [-0.1, -0.05) is 62.8 Å². The van der Waals surface area contributed by atoms with E-state index in [-0.39, 0.29) is 18.4 Å². The highest BCUT2D eigenvalue weighted by atomic mass is 16.6. The summed E-state index contributed by atoms with van der Waals surface area (Å²) in [7, 11) is 0. The first-order valence-electron chi connectivity index (χ1n) is 11.0. The fourth-order valence-electron chi connectivity index (χ4n) is 3.03. The van der Waals surface area contributed by atoms with Gasteiger partial charge in [-0.2, -0.15) is 0 Å².